The van der Waals surface area contributed by atoms with Crippen LogP contribution >= 0.6 is 11.8 Å². The Bertz CT molecular complexity index is 377. The van der Waals surface area contributed by atoms with Crippen LogP contribution < -0.4 is 5.32 Å². The summed E-state index contributed by atoms with van der Waals surface area (Å²) in [5.74, 6) is 2.04. The highest BCUT2D eigenvalue weighted by Gasteiger charge is 2.17. The minimum atomic E-state index is -0.458. The van der Waals surface area contributed by atoms with Crippen molar-refractivity contribution in [3.8, 4) is 0 Å². The fourth-order valence-corrected chi connectivity index (χ4v) is 3.01. The summed E-state index contributed by atoms with van der Waals surface area (Å²) < 4.78 is 13.3. The first kappa shape index (κ1) is 11.5. The Morgan fingerprint density at radius 2 is 2.31 bits per heavy atom. The summed E-state index contributed by atoms with van der Waals surface area (Å²) in [5.41, 5.74) is 0.133. The van der Waals surface area contributed by atoms with Gasteiger partial charge in [-0.1, -0.05) is 12.1 Å². The van der Waals surface area contributed by atoms with Crippen molar-refractivity contribution in [2.24, 2.45) is 5.92 Å². The molecule has 0 bridgehead atoms. The third-order valence-electron chi connectivity index (χ3n) is 2.69. The Hall–Kier alpha value is -1.03. The second-order valence-corrected chi connectivity index (χ2v) is 5.07. The number of halogens is 1. The van der Waals surface area contributed by atoms with Crippen molar-refractivity contribution in [1.82, 2.24) is 5.32 Å². The predicted octanol–water partition coefficient (Wildman–Crippen LogP) is 2.31. The van der Waals surface area contributed by atoms with Crippen LogP contribution in [-0.4, -0.2) is 24.0 Å². The molecule has 2 rings (SSSR count). The van der Waals surface area contributed by atoms with Crippen molar-refractivity contribution in [1.29, 1.82) is 0 Å². The quantitative estimate of drug-likeness (QED) is 0.877. The first-order valence-electron chi connectivity index (χ1n) is 5.38. The molecule has 1 saturated heterocycles. The topological polar surface area (TPSA) is 29.1 Å². The summed E-state index contributed by atoms with van der Waals surface area (Å²) in [6, 6.07) is 6.07. The van der Waals surface area contributed by atoms with Gasteiger partial charge >= 0.3 is 0 Å². The molecule has 1 aliphatic heterocycles. The molecule has 2 nitrogen and oxygen atoms in total. The van der Waals surface area contributed by atoms with Gasteiger partial charge in [0.15, 0.2) is 0 Å². The van der Waals surface area contributed by atoms with E-state index in [1.54, 1.807) is 12.1 Å². The first-order chi connectivity index (χ1) is 7.77. The highest BCUT2D eigenvalue weighted by atomic mass is 32.2. The molecular formula is C12H14FNOS. The molecule has 1 aliphatic rings. The molecule has 4 heteroatoms. The molecular weight excluding hydrogens is 225 g/mol. The number of rotatable bonds is 3. The normalized spacial score (nSPS) is 19.7. The second kappa shape index (κ2) is 5.34. The van der Waals surface area contributed by atoms with E-state index in [-0.39, 0.29) is 11.5 Å². The zero-order chi connectivity index (χ0) is 11.4. The van der Waals surface area contributed by atoms with Crippen molar-refractivity contribution >= 4 is 17.7 Å². The monoisotopic (exact) mass is 239 g/mol. The predicted molar refractivity (Wildman–Crippen MR) is 64.2 cm³/mol. The van der Waals surface area contributed by atoms with E-state index in [9.17, 15) is 9.18 Å². The van der Waals surface area contributed by atoms with Crippen LogP contribution in [0, 0.1) is 11.7 Å². The maximum Gasteiger partial charge on any atom is 0.254 e. The maximum atomic E-state index is 13.3. The van der Waals surface area contributed by atoms with Gasteiger partial charge in [0.1, 0.15) is 5.82 Å². The van der Waals surface area contributed by atoms with Gasteiger partial charge in [-0.05, 0) is 36.0 Å². The number of thioether (sulfide) groups is 1. The van der Waals surface area contributed by atoms with E-state index < -0.39 is 5.82 Å². The molecule has 1 heterocycles. The van der Waals surface area contributed by atoms with Gasteiger partial charge in [-0.2, -0.15) is 11.8 Å². The van der Waals surface area contributed by atoms with Gasteiger partial charge in [0.05, 0.1) is 5.56 Å². The van der Waals surface area contributed by atoms with E-state index in [0.717, 1.165) is 12.2 Å². The van der Waals surface area contributed by atoms with E-state index in [1.165, 1.54) is 17.9 Å². The second-order valence-electron chi connectivity index (χ2n) is 3.92. The number of carbonyl (C=O) groups is 1. The first-order valence-corrected chi connectivity index (χ1v) is 6.53. The number of hydrogen-bond acceptors (Lipinski definition) is 2. The molecule has 0 spiro atoms. The maximum absolute atomic E-state index is 13.3. The molecule has 1 atom stereocenters. The van der Waals surface area contributed by atoms with E-state index in [0.29, 0.717) is 12.5 Å². The van der Waals surface area contributed by atoms with Crippen LogP contribution in [0.2, 0.25) is 0 Å². The van der Waals surface area contributed by atoms with E-state index in [1.807, 2.05) is 11.8 Å². The van der Waals surface area contributed by atoms with Crippen molar-refractivity contribution < 1.29 is 9.18 Å². The van der Waals surface area contributed by atoms with Gasteiger partial charge in [0.2, 0.25) is 0 Å². The SMILES string of the molecule is O=C(NCC1CCSC1)c1ccccc1F. The van der Waals surface area contributed by atoms with Crippen LogP contribution in [0.1, 0.15) is 16.8 Å². The average Bonchev–Trinajstić information content (AvgIpc) is 2.79. The van der Waals surface area contributed by atoms with Crippen LogP contribution in [0.15, 0.2) is 24.3 Å². The molecule has 1 fully saturated rings. The largest absolute Gasteiger partial charge is 0.352 e. The molecule has 16 heavy (non-hydrogen) atoms. The van der Waals surface area contributed by atoms with Crippen molar-refractivity contribution in [2.75, 3.05) is 18.1 Å². The Kier molecular flexibility index (Phi) is 3.83. The molecule has 0 saturated carbocycles. The minimum Gasteiger partial charge on any atom is -0.352 e. The van der Waals surface area contributed by atoms with Crippen molar-refractivity contribution in [3.05, 3.63) is 35.6 Å². The molecule has 1 amide bonds. The molecule has 0 radical (unpaired) electrons. The minimum absolute atomic E-state index is 0.133. The summed E-state index contributed by atoms with van der Waals surface area (Å²) in [4.78, 5) is 11.7. The van der Waals surface area contributed by atoms with Crippen LogP contribution in [0.3, 0.4) is 0 Å². The Labute approximate surface area is 98.6 Å². The van der Waals surface area contributed by atoms with Gasteiger partial charge < -0.3 is 5.32 Å². The average molecular weight is 239 g/mol. The Morgan fingerprint density at radius 3 is 3.00 bits per heavy atom. The van der Waals surface area contributed by atoms with Crippen LogP contribution in [0.4, 0.5) is 4.39 Å². The molecule has 0 aliphatic carbocycles. The molecule has 86 valence electrons. The summed E-state index contributed by atoms with van der Waals surface area (Å²) in [6.45, 7) is 0.653. The number of hydrogen-bond donors (Lipinski definition) is 1. The van der Waals surface area contributed by atoms with Gasteiger partial charge in [-0.15, -0.1) is 0 Å². The molecule has 1 N–H and O–H groups in total. The smallest absolute Gasteiger partial charge is 0.254 e. The molecule has 1 aromatic rings. The highest BCUT2D eigenvalue weighted by Crippen LogP contribution is 2.22. The lowest BCUT2D eigenvalue weighted by molar-refractivity contribution is 0.0944. The van der Waals surface area contributed by atoms with E-state index in [2.05, 4.69) is 5.32 Å². The highest BCUT2D eigenvalue weighted by molar-refractivity contribution is 7.99. The Morgan fingerprint density at radius 1 is 1.50 bits per heavy atom. The zero-order valence-electron chi connectivity index (χ0n) is 8.91. The third-order valence-corrected chi connectivity index (χ3v) is 3.93. The zero-order valence-corrected chi connectivity index (χ0v) is 9.73. The van der Waals surface area contributed by atoms with Gasteiger partial charge in [-0.3, -0.25) is 4.79 Å². The molecule has 1 unspecified atom stereocenters. The third kappa shape index (κ3) is 2.76. The summed E-state index contributed by atoms with van der Waals surface area (Å²) in [7, 11) is 0. The lowest BCUT2D eigenvalue weighted by atomic mass is 10.1. The number of nitrogens with one attached hydrogen (secondary N) is 1. The molecule has 0 aromatic heterocycles. The standard InChI is InChI=1S/C12H14FNOS/c13-11-4-2-1-3-10(11)12(15)14-7-9-5-6-16-8-9/h1-4,9H,5-8H2,(H,14,15). The number of benzene rings is 1. The Balaban J connectivity index is 1.90. The van der Waals surface area contributed by atoms with Crippen molar-refractivity contribution in [3.63, 3.8) is 0 Å². The summed E-state index contributed by atoms with van der Waals surface area (Å²) in [6.07, 6.45) is 1.14. The number of amides is 1. The van der Waals surface area contributed by atoms with E-state index >= 15 is 0 Å². The van der Waals surface area contributed by atoms with Gasteiger partial charge in [0.25, 0.3) is 5.91 Å². The number of carbonyl (C=O) groups excluding carboxylic acids is 1. The van der Waals surface area contributed by atoms with Gasteiger partial charge in [0, 0.05) is 6.54 Å². The van der Waals surface area contributed by atoms with Crippen LogP contribution in [-0.2, 0) is 0 Å². The summed E-state index contributed by atoms with van der Waals surface area (Å²) >= 11 is 1.91. The van der Waals surface area contributed by atoms with Crippen LogP contribution in [0.25, 0.3) is 0 Å². The van der Waals surface area contributed by atoms with Crippen molar-refractivity contribution in [2.45, 2.75) is 6.42 Å². The fraction of sp³-hybridized carbons (Fsp3) is 0.417. The van der Waals surface area contributed by atoms with Crippen LogP contribution in [0.5, 0.6) is 0 Å². The summed E-state index contributed by atoms with van der Waals surface area (Å²) in [5, 5.41) is 2.79. The van der Waals surface area contributed by atoms with E-state index in [4.69, 9.17) is 0 Å². The lowest BCUT2D eigenvalue weighted by Crippen LogP contribution is -2.29. The fourth-order valence-electron chi connectivity index (χ4n) is 1.72. The molecule has 1 aromatic carbocycles. The van der Waals surface area contributed by atoms with Gasteiger partial charge in [-0.25, -0.2) is 4.39 Å². The lowest BCUT2D eigenvalue weighted by Gasteiger charge is -2.10.